The van der Waals surface area contributed by atoms with Crippen LogP contribution < -0.4 is 0 Å². The summed E-state index contributed by atoms with van der Waals surface area (Å²) in [7, 11) is 0. The van der Waals surface area contributed by atoms with Gasteiger partial charge in [0, 0.05) is 0 Å². The fourth-order valence-corrected chi connectivity index (χ4v) is 4.01. The molecule has 5 unspecified atom stereocenters. The molecule has 2 aliphatic carbocycles. The maximum Gasteiger partial charge on any atom is 0.306 e. The van der Waals surface area contributed by atoms with Crippen LogP contribution in [0.2, 0.25) is 0 Å². The van der Waals surface area contributed by atoms with Crippen LogP contribution in [0, 0.1) is 23.2 Å². The Balaban J connectivity index is 2.13. The van der Waals surface area contributed by atoms with Crippen LogP contribution in [0.5, 0.6) is 0 Å². The van der Waals surface area contributed by atoms with E-state index in [4.69, 9.17) is 5.11 Å². The van der Waals surface area contributed by atoms with Crippen LogP contribution in [0.25, 0.3) is 0 Å². The SMILES string of the molecule is C=C1CC(O)CC2(C)CCC(C(C)C(=O)O)CC12. The first-order valence-electron chi connectivity index (χ1n) is 6.92. The van der Waals surface area contributed by atoms with Gasteiger partial charge in [-0.3, -0.25) is 4.79 Å². The van der Waals surface area contributed by atoms with Gasteiger partial charge in [-0.05, 0) is 49.4 Å². The fraction of sp³-hybridized carbons (Fsp3) is 0.800. The highest BCUT2D eigenvalue weighted by Gasteiger charge is 2.46. The molecule has 0 radical (unpaired) electrons. The largest absolute Gasteiger partial charge is 0.481 e. The molecule has 0 saturated heterocycles. The number of carbonyl (C=O) groups is 1. The summed E-state index contributed by atoms with van der Waals surface area (Å²) in [6.07, 6.45) is 4.16. The fourth-order valence-electron chi connectivity index (χ4n) is 4.01. The smallest absolute Gasteiger partial charge is 0.306 e. The molecule has 2 aliphatic rings. The predicted molar refractivity (Wildman–Crippen MR) is 70.1 cm³/mol. The Morgan fingerprint density at radius 2 is 2.22 bits per heavy atom. The Morgan fingerprint density at radius 3 is 2.83 bits per heavy atom. The second kappa shape index (κ2) is 4.69. The molecule has 2 fully saturated rings. The Hall–Kier alpha value is -0.830. The van der Waals surface area contributed by atoms with E-state index in [-0.39, 0.29) is 23.4 Å². The Bertz CT molecular complexity index is 363. The summed E-state index contributed by atoms with van der Waals surface area (Å²) in [5.74, 6) is -0.312. The molecule has 0 aromatic heterocycles. The Labute approximate surface area is 109 Å². The lowest BCUT2D eigenvalue weighted by Crippen LogP contribution is -2.44. The van der Waals surface area contributed by atoms with E-state index in [2.05, 4.69) is 13.5 Å². The molecule has 0 amide bonds. The van der Waals surface area contributed by atoms with E-state index in [9.17, 15) is 9.90 Å². The number of carboxylic acids is 1. The zero-order valence-electron chi connectivity index (χ0n) is 11.4. The van der Waals surface area contributed by atoms with Gasteiger partial charge in [0.2, 0.25) is 0 Å². The highest BCUT2D eigenvalue weighted by molar-refractivity contribution is 5.69. The monoisotopic (exact) mass is 252 g/mol. The van der Waals surface area contributed by atoms with E-state index in [1.54, 1.807) is 0 Å². The minimum atomic E-state index is -0.690. The number of hydrogen-bond acceptors (Lipinski definition) is 2. The number of rotatable bonds is 2. The van der Waals surface area contributed by atoms with Gasteiger partial charge in [0.15, 0.2) is 0 Å². The number of hydrogen-bond donors (Lipinski definition) is 2. The first-order chi connectivity index (χ1) is 8.33. The van der Waals surface area contributed by atoms with Crippen molar-refractivity contribution >= 4 is 5.97 Å². The van der Waals surface area contributed by atoms with Crippen molar-refractivity contribution in [1.82, 2.24) is 0 Å². The van der Waals surface area contributed by atoms with Crippen LogP contribution in [0.1, 0.15) is 46.0 Å². The van der Waals surface area contributed by atoms with Crippen molar-refractivity contribution in [3.05, 3.63) is 12.2 Å². The first kappa shape index (κ1) is 13.6. The number of aliphatic hydroxyl groups excluding tert-OH is 1. The van der Waals surface area contributed by atoms with Gasteiger partial charge in [-0.2, -0.15) is 0 Å². The van der Waals surface area contributed by atoms with Gasteiger partial charge >= 0.3 is 5.97 Å². The van der Waals surface area contributed by atoms with Gasteiger partial charge in [0.25, 0.3) is 0 Å². The maximum absolute atomic E-state index is 11.1. The summed E-state index contributed by atoms with van der Waals surface area (Å²) in [6.45, 7) is 8.17. The van der Waals surface area contributed by atoms with Crippen molar-refractivity contribution in [3.8, 4) is 0 Å². The van der Waals surface area contributed by atoms with Crippen LogP contribution in [-0.2, 0) is 4.79 Å². The standard InChI is InChI=1S/C15H24O3/c1-9-6-12(16)8-15(3)5-4-11(7-13(9)15)10(2)14(17)18/h10-13,16H,1,4-8H2,2-3H3,(H,17,18). The van der Waals surface area contributed by atoms with E-state index in [0.29, 0.717) is 12.3 Å². The molecule has 0 bridgehead atoms. The van der Waals surface area contributed by atoms with Crippen LogP contribution in [0.3, 0.4) is 0 Å². The Kier molecular flexibility index (Phi) is 3.54. The first-order valence-corrected chi connectivity index (χ1v) is 6.92. The molecule has 102 valence electrons. The van der Waals surface area contributed by atoms with Crippen LogP contribution in [-0.4, -0.2) is 22.3 Å². The summed E-state index contributed by atoms with van der Waals surface area (Å²) in [4.78, 5) is 11.1. The van der Waals surface area contributed by atoms with Crippen LogP contribution in [0.15, 0.2) is 12.2 Å². The number of aliphatic hydroxyl groups is 1. The van der Waals surface area contributed by atoms with Crippen LogP contribution >= 0.6 is 0 Å². The van der Waals surface area contributed by atoms with Gasteiger partial charge in [0.1, 0.15) is 0 Å². The minimum absolute atomic E-state index is 0.128. The van der Waals surface area contributed by atoms with E-state index in [1.807, 2.05) is 6.92 Å². The molecule has 3 nitrogen and oxygen atoms in total. The molecular weight excluding hydrogens is 228 g/mol. The van der Waals surface area contributed by atoms with Crippen molar-refractivity contribution in [2.75, 3.05) is 0 Å². The normalized spacial score (nSPS) is 42.2. The van der Waals surface area contributed by atoms with E-state index >= 15 is 0 Å². The van der Waals surface area contributed by atoms with E-state index in [0.717, 1.165) is 31.3 Å². The summed E-state index contributed by atoms with van der Waals surface area (Å²) in [5.41, 5.74) is 1.25. The second-order valence-electron chi connectivity index (χ2n) is 6.59. The molecule has 18 heavy (non-hydrogen) atoms. The molecular formula is C15H24O3. The number of carboxylic acid groups (broad SMARTS) is 1. The average molecular weight is 252 g/mol. The molecule has 0 spiro atoms. The number of fused-ring (bicyclic) bond motifs is 1. The second-order valence-corrected chi connectivity index (χ2v) is 6.59. The van der Waals surface area contributed by atoms with Gasteiger partial charge in [-0.15, -0.1) is 0 Å². The minimum Gasteiger partial charge on any atom is -0.481 e. The molecule has 2 N–H and O–H groups in total. The van der Waals surface area contributed by atoms with Crippen molar-refractivity contribution in [1.29, 1.82) is 0 Å². The third kappa shape index (κ3) is 2.33. The quantitative estimate of drug-likeness (QED) is 0.743. The molecule has 2 saturated carbocycles. The van der Waals surface area contributed by atoms with Gasteiger partial charge < -0.3 is 10.2 Å². The van der Waals surface area contributed by atoms with Gasteiger partial charge in [0.05, 0.1) is 12.0 Å². The highest BCUT2D eigenvalue weighted by atomic mass is 16.4. The van der Waals surface area contributed by atoms with Crippen molar-refractivity contribution in [2.24, 2.45) is 23.2 Å². The average Bonchev–Trinajstić information content (AvgIpc) is 2.26. The molecule has 2 rings (SSSR count). The molecule has 5 atom stereocenters. The lowest BCUT2D eigenvalue weighted by Gasteiger charge is -2.50. The topological polar surface area (TPSA) is 57.5 Å². The van der Waals surface area contributed by atoms with Gasteiger partial charge in [-0.25, -0.2) is 0 Å². The van der Waals surface area contributed by atoms with E-state index in [1.165, 1.54) is 0 Å². The summed E-state index contributed by atoms with van der Waals surface area (Å²) in [5, 5.41) is 19.0. The maximum atomic E-state index is 11.1. The van der Waals surface area contributed by atoms with Crippen molar-refractivity contribution in [2.45, 2.75) is 52.1 Å². The molecule has 0 aliphatic heterocycles. The number of aliphatic carboxylic acids is 1. The molecule has 0 aromatic carbocycles. The summed E-state index contributed by atoms with van der Waals surface area (Å²) < 4.78 is 0. The zero-order valence-corrected chi connectivity index (χ0v) is 11.4. The zero-order chi connectivity index (χ0) is 13.5. The van der Waals surface area contributed by atoms with Crippen molar-refractivity contribution in [3.63, 3.8) is 0 Å². The lowest BCUT2D eigenvalue weighted by atomic mass is 9.55. The van der Waals surface area contributed by atoms with Gasteiger partial charge in [-0.1, -0.05) is 26.0 Å². The highest BCUT2D eigenvalue weighted by Crippen LogP contribution is 2.54. The third-order valence-corrected chi connectivity index (χ3v) is 5.26. The molecule has 0 aromatic rings. The summed E-state index contributed by atoms with van der Waals surface area (Å²) in [6, 6.07) is 0. The van der Waals surface area contributed by atoms with E-state index < -0.39 is 5.97 Å². The predicted octanol–water partition coefficient (Wildman–Crippen LogP) is 2.84. The molecule has 0 heterocycles. The lowest BCUT2D eigenvalue weighted by molar-refractivity contribution is -0.144. The molecule has 3 heteroatoms. The Morgan fingerprint density at radius 1 is 1.56 bits per heavy atom. The summed E-state index contributed by atoms with van der Waals surface area (Å²) >= 11 is 0. The third-order valence-electron chi connectivity index (χ3n) is 5.26. The van der Waals surface area contributed by atoms with Crippen molar-refractivity contribution < 1.29 is 15.0 Å². The van der Waals surface area contributed by atoms with Crippen LogP contribution in [0.4, 0.5) is 0 Å².